The zero-order valence-corrected chi connectivity index (χ0v) is 14.4. The van der Waals surface area contributed by atoms with E-state index in [0.717, 1.165) is 37.3 Å². The highest BCUT2D eigenvalue weighted by molar-refractivity contribution is 7.89. The number of H-pyrrole nitrogens is 1. The molecule has 1 aliphatic heterocycles. The fourth-order valence-corrected chi connectivity index (χ4v) is 3.68. The van der Waals surface area contributed by atoms with Gasteiger partial charge in [0.25, 0.3) is 10.0 Å². The van der Waals surface area contributed by atoms with Crippen LogP contribution >= 0.6 is 0 Å². The van der Waals surface area contributed by atoms with Gasteiger partial charge >= 0.3 is 6.18 Å². The largest absolute Gasteiger partial charge is 0.442 e. The molecule has 144 valence electrons. The molecule has 0 radical (unpaired) electrons. The second kappa shape index (κ2) is 6.20. The van der Waals surface area contributed by atoms with Crippen LogP contribution < -0.4 is 4.72 Å². The number of alkyl halides is 3. The Bertz CT molecular complexity index is 1080. The number of nitrogens with zero attached hydrogens (tertiary/aromatic N) is 4. The first-order chi connectivity index (χ1) is 12.7. The van der Waals surface area contributed by atoms with Crippen LogP contribution in [0.15, 0.2) is 27.7 Å². The molecule has 3 aromatic rings. The van der Waals surface area contributed by atoms with Crippen molar-refractivity contribution in [2.24, 2.45) is 0 Å². The Balaban J connectivity index is 1.50. The third-order valence-electron chi connectivity index (χ3n) is 4.09. The molecule has 0 saturated heterocycles. The number of aromatic amines is 1. The third-order valence-corrected chi connectivity index (χ3v) is 5.36. The van der Waals surface area contributed by atoms with Crippen LogP contribution in [0.2, 0.25) is 0 Å². The number of hydrogen-bond acceptors (Lipinski definition) is 6. The molecule has 0 amide bonds. The molecular weight excluding hydrogens is 389 g/mol. The third kappa shape index (κ3) is 3.35. The normalized spacial score (nSPS) is 14.6. The molecule has 0 aliphatic carbocycles. The highest BCUT2D eigenvalue weighted by atomic mass is 32.2. The Labute approximate surface area is 150 Å². The Morgan fingerprint density at radius 2 is 2.11 bits per heavy atom. The first-order valence-electron chi connectivity index (χ1n) is 7.87. The van der Waals surface area contributed by atoms with Crippen molar-refractivity contribution >= 4 is 10.0 Å². The van der Waals surface area contributed by atoms with Crippen molar-refractivity contribution in [2.75, 3.05) is 0 Å². The summed E-state index contributed by atoms with van der Waals surface area (Å²) < 4.78 is 72.0. The van der Waals surface area contributed by atoms with E-state index in [0.29, 0.717) is 5.82 Å². The topological polar surface area (TPSA) is 119 Å². The summed E-state index contributed by atoms with van der Waals surface area (Å²) in [5, 5.41) is 12.8. The van der Waals surface area contributed by atoms with Gasteiger partial charge in [0.15, 0.2) is 5.76 Å². The quantitative estimate of drug-likeness (QED) is 0.671. The highest BCUT2D eigenvalue weighted by Gasteiger charge is 2.33. The molecule has 1 aliphatic rings. The molecule has 27 heavy (non-hydrogen) atoms. The number of halogens is 3. The van der Waals surface area contributed by atoms with Crippen LogP contribution in [0.25, 0.3) is 11.5 Å². The van der Waals surface area contributed by atoms with E-state index in [1.54, 1.807) is 0 Å². The van der Waals surface area contributed by atoms with E-state index in [2.05, 4.69) is 20.0 Å². The van der Waals surface area contributed by atoms with Crippen molar-refractivity contribution in [1.82, 2.24) is 29.7 Å². The molecule has 0 fully saturated rings. The Morgan fingerprint density at radius 1 is 1.30 bits per heavy atom. The molecule has 0 bridgehead atoms. The lowest BCUT2D eigenvalue weighted by Crippen LogP contribution is -2.24. The summed E-state index contributed by atoms with van der Waals surface area (Å²) in [5.41, 5.74) is -1.21. The molecule has 9 nitrogen and oxygen atoms in total. The smallest absolute Gasteiger partial charge is 0.432 e. The molecule has 13 heteroatoms. The Hall–Kier alpha value is -2.67. The van der Waals surface area contributed by atoms with E-state index in [1.807, 2.05) is 9.67 Å². The molecule has 0 spiro atoms. The van der Waals surface area contributed by atoms with E-state index < -0.39 is 27.0 Å². The van der Waals surface area contributed by atoms with Gasteiger partial charge in [-0.3, -0.25) is 5.10 Å². The van der Waals surface area contributed by atoms with Gasteiger partial charge in [0.05, 0.1) is 6.54 Å². The monoisotopic (exact) mass is 402 g/mol. The number of fused-ring (bicyclic) bond motifs is 1. The summed E-state index contributed by atoms with van der Waals surface area (Å²) in [6, 6.07) is 3.12. The number of sulfonamides is 1. The Morgan fingerprint density at radius 3 is 2.85 bits per heavy atom. The van der Waals surface area contributed by atoms with E-state index in [1.165, 1.54) is 6.07 Å². The Kier molecular flexibility index (Phi) is 4.07. The van der Waals surface area contributed by atoms with Crippen LogP contribution in [0.3, 0.4) is 0 Å². The first-order valence-corrected chi connectivity index (χ1v) is 9.36. The van der Waals surface area contributed by atoms with Crippen molar-refractivity contribution in [3.05, 3.63) is 35.5 Å². The molecular formula is C14H13F3N6O3S. The molecule has 4 rings (SSSR count). The summed E-state index contributed by atoms with van der Waals surface area (Å²) in [6.45, 7) is 0.650. The lowest BCUT2D eigenvalue weighted by molar-refractivity contribution is -0.141. The van der Waals surface area contributed by atoms with E-state index in [9.17, 15) is 21.6 Å². The van der Waals surface area contributed by atoms with Crippen LogP contribution in [-0.2, 0) is 35.7 Å². The minimum Gasteiger partial charge on any atom is -0.442 e. The lowest BCUT2D eigenvalue weighted by atomic mass is 10.3. The van der Waals surface area contributed by atoms with E-state index >= 15 is 0 Å². The summed E-state index contributed by atoms with van der Waals surface area (Å²) in [7, 11) is -4.02. The summed E-state index contributed by atoms with van der Waals surface area (Å²) >= 11 is 0. The zero-order valence-electron chi connectivity index (χ0n) is 13.6. The van der Waals surface area contributed by atoms with Gasteiger partial charge in [-0.15, -0.1) is 10.2 Å². The second-order valence-corrected chi connectivity index (χ2v) is 7.59. The molecule has 0 unspecified atom stereocenters. The first kappa shape index (κ1) is 17.7. The molecule has 0 saturated carbocycles. The van der Waals surface area contributed by atoms with Gasteiger partial charge in [0.1, 0.15) is 23.0 Å². The van der Waals surface area contributed by atoms with Crippen LogP contribution in [0.4, 0.5) is 13.2 Å². The van der Waals surface area contributed by atoms with Gasteiger partial charge in [-0.1, -0.05) is 0 Å². The molecule has 0 aromatic carbocycles. The standard InChI is InChI=1S/C14H13F3N6O3S/c15-14(16,17)10-6-8(19-20-10)9-3-4-13(26-9)27(24,25)18-7-12-22-21-11-2-1-5-23(11)12/h3-4,6,18H,1-2,5,7H2,(H,19,20). The zero-order chi connectivity index (χ0) is 19.2. The average Bonchev–Trinajstić information content (AvgIpc) is 3.34. The van der Waals surface area contributed by atoms with Crippen LogP contribution in [0.5, 0.6) is 0 Å². The number of aryl methyl sites for hydroxylation is 1. The van der Waals surface area contributed by atoms with Crippen LogP contribution in [-0.4, -0.2) is 33.4 Å². The van der Waals surface area contributed by atoms with Gasteiger partial charge in [0, 0.05) is 13.0 Å². The van der Waals surface area contributed by atoms with Crippen LogP contribution in [0.1, 0.15) is 23.8 Å². The molecule has 0 atom stereocenters. The van der Waals surface area contributed by atoms with Gasteiger partial charge < -0.3 is 8.98 Å². The maximum Gasteiger partial charge on any atom is 0.432 e. The lowest BCUT2D eigenvalue weighted by Gasteiger charge is -2.05. The predicted octanol–water partition coefficient (Wildman–Crippen LogP) is 1.70. The van der Waals surface area contributed by atoms with Gasteiger partial charge in [-0.05, 0) is 24.6 Å². The second-order valence-electron chi connectivity index (χ2n) is 5.90. The summed E-state index contributed by atoms with van der Waals surface area (Å²) in [4.78, 5) is 0. The van der Waals surface area contributed by atoms with Gasteiger partial charge in [-0.25, -0.2) is 13.1 Å². The summed E-state index contributed by atoms with van der Waals surface area (Å²) in [5.74, 6) is 1.19. The molecule has 2 N–H and O–H groups in total. The number of nitrogens with one attached hydrogen (secondary N) is 2. The van der Waals surface area contributed by atoms with Crippen LogP contribution in [0, 0.1) is 0 Å². The maximum atomic E-state index is 12.6. The van der Waals surface area contributed by atoms with Gasteiger partial charge in [0.2, 0.25) is 5.09 Å². The van der Waals surface area contributed by atoms with Crippen molar-refractivity contribution in [3.63, 3.8) is 0 Å². The molecule has 4 heterocycles. The fourth-order valence-electron chi connectivity index (χ4n) is 2.77. The van der Waals surface area contributed by atoms with Crippen molar-refractivity contribution in [1.29, 1.82) is 0 Å². The minimum atomic E-state index is -4.59. The summed E-state index contributed by atoms with van der Waals surface area (Å²) in [6.07, 6.45) is -2.87. The number of furan rings is 1. The van der Waals surface area contributed by atoms with Crippen molar-refractivity contribution in [3.8, 4) is 11.5 Å². The van der Waals surface area contributed by atoms with Gasteiger partial charge in [-0.2, -0.15) is 18.3 Å². The predicted molar refractivity (Wildman–Crippen MR) is 83.7 cm³/mol. The minimum absolute atomic E-state index is 0.0774. The van der Waals surface area contributed by atoms with E-state index in [4.69, 9.17) is 4.42 Å². The van der Waals surface area contributed by atoms with Crippen molar-refractivity contribution in [2.45, 2.75) is 37.2 Å². The maximum absolute atomic E-state index is 12.6. The number of aromatic nitrogens is 5. The highest BCUT2D eigenvalue weighted by Crippen LogP contribution is 2.31. The number of rotatable bonds is 5. The fraction of sp³-hybridized carbons (Fsp3) is 0.357. The van der Waals surface area contributed by atoms with Crippen molar-refractivity contribution < 1.29 is 26.0 Å². The van der Waals surface area contributed by atoms with E-state index in [-0.39, 0.29) is 18.0 Å². The average molecular weight is 402 g/mol. The SMILES string of the molecule is O=S(=O)(NCc1nnc2n1CCC2)c1ccc(-c2cc(C(F)(F)F)[nH]n2)o1. The molecule has 3 aromatic heterocycles. The number of hydrogen-bond donors (Lipinski definition) is 2.